The van der Waals surface area contributed by atoms with Crippen LogP contribution in [0.5, 0.6) is 0 Å². The molecule has 0 aromatic heterocycles. The molecule has 0 aliphatic heterocycles. The van der Waals surface area contributed by atoms with E-state index in [1.807, 2.05) is 19.9 Å². The van der Waals surface area contributed by atoms with Gasteiger partial charge in [-0.05, 0) is 49.2 Å². The summed E-state index contributed by atoms with van der Waals surface area (Å²) in [4.78, 5) is 11.9. The number of carbonyl (C=O) groups is 1. The van der Waals surface area contributed by atoms with Crippen LogP contribution in [0.1, 0.15) is 21.5 Å². The highest BCUT2D eigenvalue weighted by Gasteiger charge is 2.08. The third-order valence-electron chi connectivity index (χ3n) is 2.89. The van der Waals surface area contributed by atoms with Crippen molar-refractivity contribution >= 4 is 11.6 Å². The van der Waals surface area contributed by atoms with Crippen LogP contribution >= 0.6 is 0 Å². The van der Waals surface area contributed by atoms with Crippen LogP contribution < -0.4 is 5.32 Å². The second-order valence-corrected chi connectivity index (χ2v) is 4.41. The Morgan fingerprint density at radius 1 is 0.947 bits per heavy atom. The van der Waals surface area contributed by atoms with Crippen molar-refractivity contribution in [3.8, 4) is 0 Å². The van der Waals surface area contributed by atoms with E-state index in [0.29, 0.717) is 5.56 Å². The minimum atomic E-state index is -0.726. The summed E-state index contributed by atoms with van der Waals surface area (Å²) in [5, 5.41) is 2.47. The highest BCUT2D eigenvalue weighted by Crippen LogP contribution is 2.15. The molecule has 0 fully saturated rings. The lowest BCUT2D eigenvalue weighted by molar-refractivity contribution is 0.102. The molecule has 2 nitrogen and oxygen atoms in total. The molecule has 2 rings (SSSR count). The number of carbonyl (C=O) groups excluding carboxylic acids is 1. The molecule has 0 heterocycles. The van der Waals surface area contributed by atoms with Gasteiger partial charge >= 0.3 is 0 Å². The van der Waals surface area contributed by atoms with Crippen LogP contribution in [0.3, 0.4) is 0 Å². The molecule has 0 saturated heterocycles. The number of hydrogen-bond acceptors (Lipinski definition) is 1. The van der Waals surface area contributed by atoms with Crippen LogP contribution in [-0.2, 0) is 0 Å². The molecule has 0 atom stereocenters. The summed E-state index contributed by atoms with van der Waals surface area (Å²) in [6.45, 7) is 3.84. The zero-order valence-electron chi connectivity index (χ0n) is 10.6. The molecular weight excluding hydrogens is 248 g/mol. The molecule has 1 N–H and O–H groups in total. The van der Waals surface area contributed by atoms with Gasteiger partial charge in [-0.2, -0.15) is 0 Å². The van der Waals surface area contributed by atoms with E-state index < -0.39 is 17.5 Å². The predicted octanol–water partition coefficient (Wildman–Crippen LogP) is 3.83. The number of anilines is 1. The van der Waals surface area contributed by atoms with E-state index in [2.05, 4.69) is 5.32 Å². The van der Waals surface area contributed by atoms with Gasteiger partial charge in [0.1, 0.15) is 11.6 Å². The molecule has 98 valence electrons. The number of nitrogens with one attached hydrogen (secondary N) is 1. The average molecular weight is 261 g/mol. The minimum absolute atomic E-state index is 0.0979. The summed E-state index contributed by atoms with van der Waals surface area (Å²) < 4.78 is 26.0. The molecule has 1 amide bonds. The lowest BCUT2D eigenvalue weighted by Crippen LogP contribution is -2.12. The van der Waals surface area contributed by atoms with Crippen molar-refractivity contribution in [2.45, 2.75) is 13.8 Å². The Hall–Kier alpha value is -2.23. The van der Waals surface area contributed by atoms with E-state index in [1.165, 1.54) is 0 Å². The van der Waals surface area contributed by atoms with Crippen molar-refractivity contribution < 1.29 is 13.6 Å². The van der Waals surface area contributed by atoms with Crippen molar-refractivity contribution in [1.29, 1.82) is 0 Å². The number of hydrogen-bond donors (Lipinski definition) is 1. The van der Waals surface area contributed by atoms with Crippen molar-refractivity contribution in [1.82, 2.24) is 0 Å². The Bertz CT molecular complexity index is 618. The Balaban J connectivity index is 2.22. The first-order valence-corrected chi connectivity index (χ1v) is 5.80. The maximum Gasteiger partial charge on any atom is 0.255 e. The van der Waals surface area contributed by atoms with Gasteiger partial charge in [0, 0.05) is 17.3 Å². The van der Waals surface area contributed by atoms with Gasteiger partial charge in [0.05, 0.1) is 0 Å². The van der Waals surface area contributed by atoms with Gasteiger partial charge < -0.3 is 5.32 Å². The van der Waals surface area contributed by atoms with Crippen molar-refractivity contribution in [3.63, 3.8) is 0 Å². The smallest absolute Gasteiger partial charge is 0.255 e. The van der Waals surface area contributed by atoms with Crippen LogP contribution in [0.4, 0.5) is 14.5 Å². The van der Waals surface area contributed by atoms with Gasteiger partial charge in [-0.25, -0.2) is 8.78 Å². The fourth-order valence-electron chi connectivity index (χ4n) is 1.71. The average Bonchev–Trinajstić information content (AvgIpc) is 2.31. The molecule has 0 bridgehead atoms. The third kappa shape index (κ3) is 3.16. The summed E-state index contributed by atoms with van der Waals surface area (Å²) in [5.41, 5.74) is 2.61. The monoisotopic (exact) mass is 261 g/mol. The molecule has 4 heteroatoms. The number of rotatable bonds is 2. The fourth-order valence-corrected chi connectivity index (χ4v) is 1.71. The molecule has 0 aliphatic rings. The summed E-state index contributed by atoms with van der Waals surface area (Å²) in [6.07, 6.45) is 0. The van der Waals surface area contributed by atoms with E-state index >= 15 is 0 Å². The lowest BCUT2D eigenvalue weighted by atomic mass is 10.1. The molecule has 0 radical (unpaired) electrons. The first-order valence-electron chi connectivity index (χ1n) is 5.80. The van der Waals surface area contributed by atoms with Gasteiger partial charge in [0.25, 0.3) is 5.91 Å². The van der Waals surface area contributed by atoms with Crippen molar-refractivity contribution in [2.75, 3.05) is 5.32 Å². The van der Waals surface area contributed by atoms with Crippen molar-refractivity contribution in [2.24, 2.45) is 0 Å². The number of aryl methyl sites for hydroxylation is 2. The number of benzene rings is 2. The van der Waals surface area contributed by atoms with E-state index in [-0.39, 0.29) is 5.69 Å². The minimum Gasteiger partial charge on any atom is -0.322 e. The molecule has 0 saturated carbocycles. The summed E-state index contributed by atoms with van der Waals surface area (Å²) in [7, 11) is 0. The summed E-state index contributed by atoms with van der Waals surface area (Å²) in [6, 6.07) is 8.14. The van der Waals surface area contributed by atoms with E-state index in [0.717, 1.165) is 29.3 Å². The highest BCUT2D eigenvalue weighted by atomic mass is 19.1. The summed E-state index contributed by atoms with van der Waals surface area (Å²) in [5.74, 6) is -1.85. The normalized spacial score (nSPS) is 10.3. The molecule has 0 unspecified atom stereocenters. The number of amides is 1. The maximum absolute atomic E-state index is 13.0. The Labute approximate surface area is 110 Å². The molecule has 0 spiro atoms. The fraction of sp³-hybridized carbons (Fsp3) is 0.133. The molecule has 2 aromatic carbocycles. The standard InChI is InChI=1S/C15H13F2NO/c1-9-3-4-11(5-10(9)2)15(19)18-14-7-12(16)6-13(17)8-14/h3-8H,1-2H3,(H,18,19). The van der Waals surface area contributed by atoms with Gasteiger partial charge in [-0.3, -0.25) is 4.79 Å². The zero-order valence-corrected chi connectivity index (χ0v) is 10.6. The summed E-state index contributed by atoms with van der Waals surface area (Å²) >= 11 is 0. The van der Waals surface area contributed by atoms with Crippen LogP contribution in [0.2, 0.25) is 0 Å². The van der Waals surface area contributed by atoms with E-state index in [4.69, 9.17) is 0 Å². The molecule has 0 aliphatic carbocycles. The third-order valence-corrected chi connectivity index (χ3v) is 2.89. The van der Waals surface area contributed by atoms with Crippen LogP contribution in [0, 0.1) is 25.5 Å². The van der Waals surface area contributed by atoms with Crippen molar-refractivity contribution in [3.05, 3.63) is 64.7 Å². The highest BCUT2D eigenvalue weighted by molar-refractivity contribution is 6.04. The van der Waals surface area contributed by atoms with Crippen LogP contribution in [-0.4, -0.2) is 5.91 Å². The van der Waals surface area contributed by atoms with E-state index in [1.54, 1.807) is 12.1 Å². The Kier molecular flexibility index (Phi) is 3.60. The second-order valence-electron chi connectivity index (χ2n) is 4.41. The Morgan fingerprint density at radius 2 is 1.58 bits per heavy atom. The van der Waals surface area contributed by atoms with Gasteiger partial charge in [-0.1, -0.05) is 6.07 Å². The van der Waals surface area contributed by atoms with Gasteiger partial charge in [-0.15, -0.1) is 0 Å². The second kappa shape index (κ2) is 5.18. The molecular formula is C15H13F2NO. The number of halogens is 2. The molecule has 19 heavy (non-hydrogen) atoms. The van der Waals surface area contributed by atoms with Gasteiger partial charge in [0.2, 0.25) is 0 Å². The molecule has 2 aromatic rings. The lowest BCUT2D eigenvalue weighted by Gasteiger charge is -2.07. The first kappa shape index (κ1) is 13.2. The Morgan fingerprint density at radius 3 is 2.16 bits per heavy atom. The quantitative estimate of drug-likeness (QED) is 0.874. The topological polar surface area (TPSA) is 29.1 Å². The van der Waals surface area contributed by atoms with E-state index in [9.17, 15) is 13.6 Å². The van der Waals surface area contributed by atoms with Crippen LogP contribution in [0.15, 0.2) is 36.4 Å². The predicted molar refractivity (Wildman–Crippen MR) is 70.2 cm³/mol. The zero-order chi connectivity index (χ0) is 14.0. The largest absolute Gasteiger partial charge is 0.322 e. The van der Waals surface area contributed by atoms with Crippen LogP contribution in [0.25, 0.3) is 0 Å². The first-order chi connectivity index (χ1) is 8.95. The SMILES string of the molecule is Cc1ccc(C(=O)Nc2cc(F)cc(F)c2)cc1C. The van der Waals surface area contributed by atoms with Gasteiger partial charge in [0.15, 0.2) is 0 Å². The maximum atomic E-state index is 13.0.